The Kier molecular flexibility index (Phi) is 4.32. The van der Waals surface area contributed by atoms with Crippen molar-refractivity contribution in [1.29, 1.82) is 0 Å². The molecule has 0 spiro atoms. The van der Waals surface area contributed by atoms with E-state index in [1.54, 1.807) is 12.1 Å². The second-order valence-electron chi connectivity index (χ2n) is 5.09. The number of ketones is 1. The largest absolute Gasteiger partial charge is 0.493 e. The molecule has 2 aromatic carbocycles. The van der Waals surface area contributed by atoms with Crippen molar-refractivity contribution < 1.29 is 9.53 Å². The van der Waals surface area contributed by atoms with Crippen LogP contribution in [0.1, 0.15) is 27.9 Å². The third kappa shape index (κ3) is 3.30. The Morgan fingerprint density at radius 1 is 1.24 bits per heavy atom. The smallest absolute Gasteiger partial charge is 0.163 e. The summed E-state index contributed by atoms with van der Waals surface area (Å²) in [4.78, 5) is 12.2. The molecular formula is C17H14BrClO2. The molecular weight excluding hydrogens is 352 g/mol. The lowest BCUT2D eigenvalue weighted by Crippen LogP contribution is -2.01. The van der Waals surface area contributed by atoms with Gasteiger partial charge < -0.3 is 4.74 Å². The molecule has 1 heterocycles. The van der Waals surface area contributed by atoms with Crippen LogP contribution >= 0.6 is 27.5 Å². The van der Waals surface area contributed by atoms with Crippen molar-refractivity contribution in [2.45, 2.75) is 19.3 Å². The number of aryl methyl sites for hydroxylation is 1. The molecule has 21 heavy (non-hydrogen) atoms. The maximum absolute atomic E-state index is 12.2. The zero-order chi connectivity index (χ0) is 14.8. The van der Waals surface area contributed by atoms with E-state index in [1.807, 2.05) is 18.2 Å². The van der Waals surface area contributed by atoms with Crippen LogP contribution in [0.15, 0.2) is 40.9 Å². The van der Waals surface area contributed by atoms with E-state index in [4.69, 9.17) is 16.3 Å². The Morgan fingerprint density at radius 3 is 2.90 bits per heavy atom. The first-order valence-electron chi connectivity index (χ1n) is 6.86. The van der Waals surface area contributed by atoms with Gasteiger partial charge in [-0.2, -0.15) is 0 Å². The van der Waals surface area contributed by atoms with Gasteiger partial charge in [0.05, 0.1) is 11.6 Å². The summed E-state index contributed by atoms with van der Waals surface area (Å²) < 4.78 is 6.29. The number of carbonyl (C=O) groups excluding carboxylic acids is 1. The van der Waals surface area contributed by atoms with Crippen molar-refractivity contribution in [2.75, 3.05) is 6.61 Å². The molecule has 108 valence electrons. The average molecular weight is 366 g/mol. The third-order valence-corrected chi connectivity index (χ3v) is 4.87. The van der Waals surface area contributed by atoms with Crippen molar-refractivity contribution in [3.05, 3.63) is 62.6 Å². The standard InChI is InChI=1S/C17H14BrClO2/c18-14-4-3-12(10-15(14)19)16(20)5-1-11-2-6-17-13(9-11)7-8-21-17/h2-4,6,9-10H,1,5,7-8H2. The molecule has 2 aromatic rings. The summed E-state index contributed by atoms with van der Waals surface area (Å²) in [5.41, 5.74) is 3.08. The first-order valence-corrected chi connectivity index (χ1v) is 8.03. The molecule has 0 bridgehead atoms. The quantitative estimate of drug-likeness (QED) is 0.724. The van der Waals surface area contributed by atoms with Gasteiger partial charge in [-0.1, -0.05) is 29.8 Å². The summed E-state index contributed by atoms with van der Waals surface area (Å²) in [6.07, 6.45) is 2.18. The second-order valence-corrected chi connectivity index (χ2v) is 6.35. The number of benzene rings is 2. The highest BCUT2D eigenvalue weighted by Crippen LogP contribution is 2.27. The number of hydrogen-bond donors (Lipinski definition) is 0. The maximum atomic E-state index is 12.2. The van der Waals surface area contributed by atoms with E-state index in [9.17, 15) is 4.79 Å². The highest BCUT2D eigenvalue weighted by atomic mass is 79.9. The molecule has 0 radical (unpaired) electrons. The number of Topliss-reactive ketones (excluding diaryl/α,β-unsaturated/α-hetero) is 1. The van der Waals surface area contributed by atoms with Gasteiger partial charge in [-0.3, -0.25) is 4.79 Å². The molecule has 0 aromatic heterocycles. The van der Waals surface area contributed by atoms with E-state index < -0.39 is 0 Å². The zero-order valence-electron chi connectivity index (χ0n) is 11.4. The van der Waals surface area contributed by atoms with Gasteiger partial charge >= 0.3 is 0 Å². The molecule has 1 aliphatic rings. The molecule has 1 aliphatic heterocycles. The van der Waals surface area contributed by atoms with Crippen LogP contribution < -0.4 is 4.74 Å². The number of carbonyl (C=O) groups is 1. The van der Waals surface area contributed by atoms with Crippen molar-refractivity contribution in [3.63, 3.8) is 0 Å². The summed E-state index contributed by atoms with van der Waals surface area (Å²) in [7, 11) is 0. The Bertz CT molecular complexity index is 697. The summed E-state index contributed by atoms with van der Waals surface area (Å²) in [6.45, 7) is 0.759. The van der Waals surface area contributed by atoms with Crippen LogP contribution in [0.2, 0.25) is 5.02 Å². The summed E-state index contributed by atoms with van der Waals surface area (Å²) in [5, 5.41) is 0.565. The van der Waals surface area contributed by atoms with Crippen LogP contribution in [0.4, 0.5) is 0 Å². The molecule has 0 aliphatic carbocycles. The van der Waals surface area contributed by atoms with Gasteiger partial charge in [0, 0.05) is 22.9 Å². The number of rotatable bonds is 4. The highest BCUT2D eigenvalue weighted by Gasteiger charge is 2.13. The SMILES string of the molecule is O=C(CCc1ccc2c(c1)CCO2)c1ccc(Br)c(Cl)c1. The third-order valence-electron chi connectivity index (χ3n) is 3.64. The Morgan fingerprint density at radius 2 is 2.10 bits per heavy atom. The summed E-state index contributed by atoms with van der Waals surface area (Å²) in [6, 6.07) is 11.5. The van der Waals surface area contributed by atoms with Crippen LogP contribution in [0.3, 0.4) is 0 Å². The van der Waals surface area contributed by atoms with Crippen molar-refractivity contribution in [1.82, 2.24) is 0 Å². The van der Waals surface area contributed by atoms with Crippen LogP contribution in [0.25, 0.3) is 0 Å². The number of fused-ring (bicyclic) bond motifs is 1. The van der Waals surface area contributed by atoms with Crippen LogP contribution in [-0.4, -0.2) is 12.4 Å². The average Bonchev–Trinajstić information content (AvgIpc) is 2.95. The molecule has 0 atom stereocenters. The van der Waals surface area contributed by atoms with E-state index in [0.717, 1.165) is 29.7 Å². The second kappa shape index (κ2) is 6.20. The lowest BCUT2D eigenvalue weighted by atomic mass is 10.0. The predicted octanol–water partition coefficient (Wildman–Crippen LogP) is 4.85. The monoisotopic (exact) mass is 364 g/mol. The molecule has 0 fully saturated rings. The fourth-order valence-corrected chi connectivity index (χ4v) is 2.89. The molecule has 3 rings (SSSR count). The van der Waals surface area contributed by atoms with Gasteiger partial charge in [-0.25, -0.2) is 0 Å². The fraction of sp³-hybridized carbons (Fsp3) is 0.235. The Hall–Kier alpha value is -1.32. The normalized spacial score (nSPS) is 12.9. The van der Waals surface area contributed by atoms with Gasteiger partial charge in [-0.15, -0.1) is 0 Å². The molecule has 0 amide bonds. The van der Waals surface area contributed by atoms with Gasteiger partial charge in [0.2, 0.25) is 0 Å². The van der Waals surface area contributed by atoms with Crippen LogP contribution in [0, 0.1) is 0 Å². The fourth-order valence-electron chi connectivity index (χ4n) is 2.47. The maximum Gasteiger partial charge on any atom is 0.163 e. The minimum Gasteiger partial charge on any atom is -0.493 e. The van der Waals surface area contributed by atoms with E-state index in [0.29, 0.717) is 17.0 Å². The van der Waals surface area contributed by atoms with Gasteiger partial charge in [0.25, 0.3) is 0 Å². The molecule has 4 heteroatoms. The van der Waals surface area contributed by atoms with Crippen molar-refractivity contribution in [3.8, 4) is 5.75 Å². The van der Waals surface area contributed by atoms with Gasteiger partial charge in [-0.05, 0) is 51.7 Å². The lowest BCUT2D eigenvalue weighted by Gasteiger charge is -2.05. The van der Waals surface area contributed by atoms with Crippen molar-refractivity contribution >= 4 is 33.3 Å². The molecule has 0 N–H and O–H groups in total. The minimum atomic E-state index is 0.112. The van der Waals surface area contributed by atoms with Gasteiger partial charge in [0.15, 0.2) is 5.78 Å². The van der Waals surface area contributed by atoms with E-state index in [-0.39, 0.29) is 5.78 Å². The summed E-state index contributed by atoms with van der Waals surface area (Å²) in [5.74, 6) is 1.09. The number of hydrogen-bond acceptors (Lipinski definition) is 2. The zero-order valence-corrected chi connectivity index (χ0v) is 13.7. The Labute approximate surface area is 137 Å². The molecule has 0 saturated heterocycles. The lowest BCUT2D eigenvalue weighted by molar-refractivity contribution is 0.0983. The van der Waals surface area contributed by atoms with Crippen LogP contribution in [-0.2, 0) is 12.8 Å². The topological polar surface area (TPSA) is 26.3 Å². The predicted molar refractivity (Wildman–Crippen MR) is 87.4 cm³/mol. The van der Waals surface area contributed by atoms with Crippen LogP contribution in [0.5, 0.6) is 5.75 Å². The number of halogens is 2. The highest BCUT2D eigenvalue weighted by molar-refractivity contribution is 9.10. The van der Waals surface area contributed by atoms with E-state index in [1.165, 1.54) is 11.1 Å². The van der Waals surface area contributed by atoms with E-state index >= 15 is 0 Å². The Balaban J connectivity index is 1.67. The summed E-state index contributed by atoms with van der Waals surface area (Å²) >= 11 is 9.35. The molecule has 0 unspecified atom stereocenters. The molecule has 0 saturated carbocycles. The van der Waals surface area contributed by atoms with E-state index in [2.05, 4.69) is 22.0 Å². The minimum absolute atomic E-state index is 0.112. The first kappa shape index (κ1) is 14.6. The molecule has 2 nitrogen and oxygen atoms in total. The van der Waals surface area contributed by atoms with Crippen molar-refractivity contribution in [2.24, 2.45) is 0 Å². The first-order chi connectivity index (χ1) is 10.1. The number of ether oxygens (including phenoxy) is 1. The van der Waals surface area contributed by atoms with Gasteiger partial charge in [0.1, 0.15) is 5.75 Å².